The lowest BCUT2D eigenvalue weighted by molar-refractivity contribution is -0.149. The molecule has 1 fully saturated rings. The Hall–Kier alpha value is -1.91. The largest absolute Gasteiger partial charge is 0.352 e. The number of allylic oxidation sites excluding steroid dienone is 2. The number of rotatable bonds is 2. The van der Waals surface area contributed by atoms with Crippen LogP contribution in [0.5, 0.6) is 0 Å². The van der Waals surface area contributed by atoms with Crippen LogP contribution in [-0.4, -0.2) is 46.5 Å². The van der Waals surface area contributed by atoms with E-state index in [0.717, 1.165) is 50.4 Å². The van der Waals surface area contributed by atoms with E-state index in [1.54, 1.807) is 12.4 Å². The van der Waals surface area contributed by atoms with Crippen molar-refractivity contribution in [3.63, 3.8) is 0 Å². The van der Waals surface area contributed by atoms with E-state index in [4.69, 9.17) is 0 Å². The van der Waals surface area contributed by atoms with Gasteiger partial charge in [0, 0.05) is 38.1 Å². The van der Waals surface area contributed by atoms with Gasteiger partial charge in [-0.3, -0.25) is 9.78 Å². The molecule has 3 heterocycles. The van der Waals surface area contributed by atoms with Crippen molar-refractivity contribution in [3.05, 3.63) is 30.2 Å². The van der Waals surface area contributed by atoms with Crippen LogP contribution in [0.4, 0.5) is 5.82 Å². The molecule has 1 atom stereocenters. The Kier molecular flexibility index (Phi) is 3.44. The Bertz CT molecular complexity index is 692. The van der Waals surface area contributed by atoms with E-state index in [1.807, 2.05) is 4.90 Å². The van der Waals surface area contributed by atoms with Crippen molar-refractivity contribution in [1.29, 1.82) is 0 Å². The molecule has 1 amide bonds. The van der Waals surface area contributed by atoms with E-state index in [9.17, 15) is 4.79 Å². The van der Waals surface area contributed by atoms with Crippen LogP contribution in [0.1, 0.15) is 45.7 Å². The van der Waals surface area contributed by atoms with Gasteiger partial charge in [0.1, 0.15) is 0 Å². The summed E-state index contributed by atoms with van der Waals surface area (Å²) in [6.45, 7) is 8.97. The molecule has 1 aliphatic carbocycles. The summed E-state index contributed by atoms with van der Waals surface area (Å²) in [5.41, 5.74) is 0.832. The molecule has 1 saturated heterocycles. The summed E-state index contributed by atoms with van der Waals surface area (Å²) < 4.78 is 0. The second-order valence-corrected chi connectivity index (χ2v) is 8.17. The average Bonchev–Trinajstić information content (AvgIpc) is 2.89. The third kappa shape index (κ3) is 2.17. The van der Waals surface area contributed by atoms with Crippen molar-refractivity contribution < 1.29 is 4.79 Å². The molecule has 0 aromatic carbocycles. The lowest BCUT2D eigenvalue weighted by Gasteiger charge is -2.50. The molecular weight excluding hydrogens is 300 g/mol. The van der Waals surface area contributed by atoms with Crippen molar-refractivity contribution >= 4 is 11.7 Å². The van der Waals surface area contributed by atoms with Gasteiger partial charge in [-0.1, -0.05) is 19.1 Å². The molecule has 0 bridgehead atoms. The van der Waals surface area contributed by atoms with Crippen molar-refractivity contribution in [3.8, 4) is 0 Å². The molecule has 0 saturated carbocycles. The van der Waals surface area contributed by atoms with Crippen LogP contribution < -0.4 is 4.90 Å². The Morgan fingerprint density at radius 2 is 1.92 bits per heavy atom. The molecule has 5 heteroatoms. The summed E-state index contributed by atoms with van der Waals surface area (Å²) in [7, 11) is 0. The number of anilines is 1. The Morgan fingerprint density at radius 3 is 2.58 bits per heavy atom. The van der Waals surface area contributed by atoms with E-state index in [1.165, 1.54) is 0 Å². The summed E-state index contributed by atoms with van der Waals surface area (Å²) in [4.78, 5) is 26.6. The monoisotopic (exact) mass is 326 g/mol. The van der Waals surface area contributed by atoms with Crippen LogP contribution in [-0.2, 0) is 10.2 Å². The fourth-order valence-electron chi connectivity index (χ4n) is 4.44. The van der Waals surface area contributed by atoms with E-state index in [-0.39, 0.29) is 10.8 Å². The van der Waals surface area contributed by atoms with E-state index >= 15 is 0 Å². The molecule has 2 aliphatic heterocycles. The fourth-order valence-corrected chi connectivity index (χ4v) is 4.44. The summed E-state index contributed by atoms with van der Waals surface area (Å²) in [5, 5.41) is 0. The van der Waals surface area contributed by atoms with Gasteiger partial charge < -0.3 is 9.80 Å². The van der Waals surface area contributed by atoms with Gasteiger partial charge >= 0.3 is 0 Å². The molecule has 4 rings (SSSR count). The number of hydrogen-bond donors (Lipinski definition) is 0. The zero-order valence-corrected chi connectivity index (χ0v) is 14.8. The normalized spacial score (nSPS) is 27.5. The predicted octanol–water partition coefficient (Wildman–Crippen LogP) is 2.53. The van der Waals surface area contributed by atoms with Gasteiger partial charge in [0.05, 0.1) is 16.5 Å². The second-order valence-electron chi connectivity index (χ2n) is 8.17. The highest BCUT2D eigenvalue weighted by Crippen LogP contribution is 2.47. The molecule has 24 heavy (non-hydrogen) atoms. The quantitative estimate of drug-likeness (QED) is 0.784. The van der Waals surface area contributed by atoms with E-state index < -0.39 is 0 Å². The third-order valence-corrected chi connectivity index (χ3v) is 5.94. The highest BCUT2D eigenvalue weighted by Gasteiger charge is 2.56. The molecule has 1 unspecified atom stereocenters. The Balaban J connectivity index is 1.54. The number of likely N-dealkylation sites (tertiary alicyclic amines) is 1. The standard InChI is InChI=1S/C19H26N4O/c1-14(2)23-13-19(15-16(23)21-10-9-20-15)11-22(12-19)17(24)18(3)7-5-4-6-8-18/h4-5,9-10,14H,6-8,11-13H2,1-3H3. The highest BCUT2D eigenvalue weighted by atomic mass is 16.2. The highest BCUT2D eigenvalue weighted by molar-refractivity contribution is 5.84. The van der Waals surface area contributed by atoms with Crippen LogP contribution in [0.25, 0.3) is 0 Å². The molecule has 1 aromatic rings. The topological polar surface area (TPSA) is 49.3 Å². The first kappa shape index (κ1) is 15.6. The molecule has 128 valence electrons. The molecule has 1 spiro atoms. The second kappa shape index (κ2) is 5.30. The zero-order valence-electron chi connectivity index (χ0n) is 14.8. The van der Waals surface area contributed by atoms with E-state index in [2.05, 4.69) is 47.8 Å². The maximum atomic E-state index is 13.0. The number of amides is 1. The number of carbonyl (C=O) groups excluding carboxylic acids is 1. The molecule has 0 radical (unpaired) electrons. The van der Waals surface area contributed by atoms with Gasteiger partial charge in [-0.2, -0.15) is 0 Å². The number of fused-ring (bicyclic) bond motifs is 2. The zero-order chi connectivity index (χ0) is 16.9. The summed E-state index contributed by atoms with van der Waals surface area (Å²) >= 11 is 0. The molecule has 1 aromatic heterocycles. The van der Waals surface area contributed by atoms with Gasteiger partial charge in [0.25, 0.3) is 0 Å². The Morgan fingerprint density at radius 1 is 1.17 bits per heavy atom. The summed E-state index contributed by atoms with van der Waals surface area (Å²) in [6.07, 6.45) is 10.7. The van der Waals surface area contributed by atoms with E-state index in [0.29, 0.717) is 11.9 Å². The van der Waals surface area contributed by atoms with Crippen LogP contribution >= 0.6 is 0 Å². The van der Waals surface area contributed by atoms with Crippen molar-refractivity contribution in [1.82, 2.24) is 14.9 Å². The van der Waals surface area contributed by atoms with Crippen molar-refractivity contribution in [2.75, 3.05) is 24.5 Å². The Labute approximate surface area is 143 Å². The van der Waals surface area contributed by atoms with Crippen LogP contribution in [0.15, 0.2) is 24.5 Å². The number of carbonyl (C=O) groups is 1. The lowest BCUT2D eigenvalue weighted by Crippen LogP contribution is -2.65. The third-order valence-electron chi connectivity index (χ3n) is 5.94. The average molecular weight is 326 g/mol. The van der Waals surface area contributed by atoms with Crippen LogP contribution in [0, 0.1) is 5.41 Å². The number of aromatic nitrogens is 2. The number of nitrogens with zero attached hydrogens (tertiary/aromatic N) is 4. The molecule has 5 nitrogen and oxygen atoms in total. The van der Waals surface area contributed by atoms with Crippen molar-refractivity contribution in [2.45, 2.75) is 51.5 Å². The van der Waals surface area contributed by atoms with Gasteiger partial charge in [-0.25, -0.2) is 4.98 Å². The molecule has 0 N–H and O–H groups in total. The minimum atomic E-state index is -0.224. The maximum Gasteiger partial charge on any atom is 0.228 e. The maximum absolute atomic E-state index is 13.0. The van der Waals surface area contributed by atoms with Gasteiger partial charge in [-0.15, -0.1) is 0 Å². The van der Waals surface area contributed by atoms with Crippen molar-refractivity contribution in [2.24, 2.45) is 5.41 Å². The first-order valence-corrected chi connectivity index (χ1v) is 8.98. The first-order chi connectivity index (χ1) is 11.5. The van der Waals surface area contributed by atoms with Crippen LogP contribution in [0.3, 0.4) is 0 Å². The molecular formula is C19H26N4O. The molecule has 3 aliphatic rings. The van der Waals surface area contributed by atoms with Gasteiger partial charge in [0.15, 0.2) is 5.82 Å². The van der Waals surface area contributed by atoms with Crippen LogP contribution in [0.2, 0.25) is 0 Å². The smallest absolute Gasteiger partial charge is 0.228 e. The summed E-state index contributed by atoms with van der Waals surface area (Å²) in [5.74, 6) is 1.32. The SMILES string of the molecule is CC(C)N1CC2(CN(C(=O)C3(C)CC=CCC3)C2)c2nccnc21. The predicted molar refractivity (Wildman–Crippen MR) is 93.9 cm³/mol. The fraction of sp³-hybridized carbons (Fsp3) is 0.632. The number of hydrogen-bond acceptors (Lipinski definition) is 4. The minimum Gasteiger partial charge on any atom is -0.352 e. The van der Waals surface area contributed by atoms with Gasteiger partial charge in [0.2, 0.25) is 5.91 Å². The summed E-state index contributed by atoms with van der Waals surface area (Å²) in [6, 6.07) is 0.394. The minimum absolute atomic E-state index is 0.0234. The lowest BCUT2D eigenvalue weighted by atomic mass is 9.73. The first-order valence-electron chi connectivity index (χ1n) is 8.98. The van der Waals surface area contributed by atoms with Gasteiger partial charge in [-0.05, 0) is 33.1 Å².